The molecule has 12 heteroatoms. The zero-order valence-corrected chi connectivity index (χ0v) is 25.5. The molecule has 0 unspecified atom stereocenters. The summed E-state index contributed by atoms with van der Waals surface area (Å²) in [6, 6.07) is 24.6. The Morgan fingerprint density at radius 1 is 0.955 bits per heavy atom. The van der Waals surface area contributed by atoms with Crippen molar-refractivity contribution in [1.29, 1.82) is 0 Å². The van der Waals surface area contributed by atoms with E-state index < -0.39 is 5.91 Å². The van der Waals surface area contributed by atoms with Gasteiger partial charge in [0, 0.05) is 28.1 Å². The molecule has 0 atom stereocenters. The molecule has 3 heterocycles. The Hall–Kier alpha value is -4.93. The molecule has 0 aliphatic rings. The molecular weight excluding hydrogens is 601 g/mol. The van der Waals surface area contributed by atoms with Crippen LogP contribution in [0.3, 0.4) is 0 Å². The first kappa shape index (κ1) is 29.2. The van der Waals surface area contributed by atoms with Crippen LogP contribution in [0.2, 0.25) is 10.0 Å². The van der Waals surface area contributed by atoms with Crippen molar-refractivity contribution >= 4 is 40.7 Å². The number of carbonyl (C=O) groups excluding carboxylic acids is 1. The quantitative estimate of drug-likeness (QED) is 0.203. The number of halogens is 2. The number of carbonyl (C=O) groups is 1. The monoisotopic (exact) mass is 627 g/mol. The van der Waals surface area contributed by atoms with Crippen LogP contribution in [0.15, 0.2) is 89.7 Å². The van der Waals surface area contributed by atoms with Crippen molar-refractivity contribution in [2.45, 2.75) is 32.8 Å². The first-order valence-corrected chi connectivity index (χ1v) is 14.5. The minimum absolute atomic E-state index is 0.0588. The van der Waals surface area contributed by atoms with Crippen LogP contribution in [0, 0.1) is 0 Å². The molecule has 0 aliphatic heterocycles. The molecule has 0 spiro atoms. The van der Waals surface area contributed by atoms with Gasteiger partial charge in [-0.25, -0.2) is 4.68 Å². The van der Waals surface area contributed by atoms with E-state index in [1.807, 2.05) is 69.3 Å². The lowest BCUT2D eigenvalue weighted by molar-refractivity contribution is 0.102. The maximum atomic E-state index is 13.7. The molecule has 3 aromatic carbocycles. The van der Waals surface area contributed by atoms with Gasteiger partial charge in [0.15, 0.2) is 5.82 Å². The highest BCUT2D eigenvalue weighted by atomic mass is 35.5. The lowest BCUT2D eigenvalue weighted by Gasteiger charge is -2.14. The predicted molar refractivity (Wildman–Crippen MR) is 170 cm³/mol. The fourth-order valence-electron chi connectivity index (χ4n) is 4.52. The van der Waals surface area contributed by atoms with Gasteiger partial charge in [0.05, 0.1) is 22.1 Å². The molecule has 10 nitrogen and oxygen atoms in total. The number of amides is 1. The van der Waals surface area contributed by atoms with Crippen LogP contribution in [-0.2, 0) is 12.0 Å². The molecule has 0 radical (unpaired) electrons. The Kier molecular flexibility index (Phi) is 7.71. The van der Waals surface area contributed by atoms with Crippen LogP contribution in [0.5, 0.6) is 5.75 Å². The second kappa shape index (κ2) is 11.6. The maximum Gasteiger partial charge on any atom is 0.276 e. The van der Waals surface area contributed by atoms with Gasteiger partial charge >= 0.3 is 0 Å². The fourth-order valence-corrected chi connectivity index (χ4v) is 4.90. The van der Waals surface area contributed by atoms with Gasteiger partial charge in [-0.3, -0.25) is 9.59 Å². The topological polar surface area (TPSA) is 119 Å². The van der Waals surface area contributed by atoms with E-state index in [2.05, 4.69) is 20.4 Å². The molecule has 0 fully saturated rings. The molecule has 1 amide bonds. The molecule has 222 valence electrons. The number of hydrogen-bond acceptors (Lipinski definition) is 6. The van der Waals surface area contributed by atoms with Crippen molar-refractivity contribution in [2.75, 3.05) is 5.32 Å². The number of nitrogens with one attached hydrogen (secondary N) is 2. The third-order valence-electron chi connectivity index (χ3n) is 6.79. The van der Waals surface area contributed by atoms with E-state index in [0.29, 0.717) is 22.4 Å². The van der Waals surface area contributed by atoms with Gasteiger partial charge in [-0.1, -0.05) is 80.4 Å². The molecule has 0 saturated carbocycles. The molecule has 3 aromatic heterocycles. The van der Waals surface area contributed by atoms with Crippen LogP contribution in [0.4, 0.5) is 5.82 Å². The number of nitrogens with zero attached hydrogens (tertiary/aromatic N) is 5. The lowest BCUT2D eigenvalue weighted by Crippen LogP contribution is -2.18. The summed E-state index contributed by atoms with van der Waals surface area (Å²) in [7, 11) is 0. The van der Waals surface area contributed by atoms with E-state index in [4.69, 9.17) is 33.0 Å². The summed E-state index contributed by atoms with van der Waals surface area (Å²) in [6.07, 6.45) is 0. The molecule has 2 N–H and O–H groups in total. The first-order chi connectivity index (χ1) is 21.1. The number of H-pyrrole nitrogens is 1. The van der Waals surface area contributed by atoms with Crippen LogP contribution >= 0.6 is 23.2 Å². The number of aromatic nitrogens is 6. The number of rotatable bonds is 7. The fraction of sp³-hybridized carbons (Fsp3) is 0.156. The molecule has 0 aliphatic carbocycles. The summed E-state index contributed by atoms with van der Waals surface area (Å²) in [5.41, 5.74) is 2.20. The first-order valence-electron chi connectivity index (χ1n) is 13.7. The molecule has 6 aromatic rings. The molecule has 0 saturated heterocycles. The zero-order valence-electron chi connectivity index (χ0n) is 24.0. The Labute approximate surface area is 262 Å². The minimum atomic E-state index is -0.491. The van der Waals surface area contributed by atoms with Gasteiger partial charge < -0.3 is 15.0 Å². The largest absolute Gasteiger partial charge is 0.486 e. The summed E-state index contributed by atoms with van der Waals surface area (Å²) >= 11 is 12.6. The lowest BCUT2D eigenvalue weighted by atomic mass is 9.92. The SMILES string of the molecule is CC(C)(C)c1cc(NC(=O)c2c(Cl)cccc2OCc2cc(=O)n3nc(-c4ccccc4)nc3[nH]2)n(-c2ccc(Cl)cc2)n1. The number of hydrogen-bond donors (Lipinski definition) is 2. The Morgan fingerprint density at radius 3 is 2.43 bits per heavy atom. The van der Waals surface area contributed by atoms with Crippen LogP contribution in [-0.4, -0.2) is 35.3 Å². The Bertz CT molecular complexity index is 2040. The van der Waals surface area contributed by atoms with Crippen molar-refractivity contribution in [3.63, 3.8) is 0 Å². The average Bonchev–Trinajstić information content (AvgIpc) is 3.62. The smallest absolute Gasteiger partial charge is 0.276 e. The standard InChI is InChI=1S/C32H27Cl2N7O3/c1-32(2,3)25-17-26(40(38-25)22-14-12-20(33)13-15-22)36-30(43)28-23(34)10-7-11-24(28)44-18-21-16-27(42)41-31(35-21)37-29(39-41)19-8-5-4-6-9-19/h4-17H,18H2,1-3H3,(H,36,43)(H,35,37,39). The molecule has 6 rings (SSSR count). The summed E-state index contributed by atoms with van der Waals surface area (Å²) < 4.78 is 8.88. The van der Waals surface area contributed by atoms with E-state index >= 15 is 0 Å². The third-order valence-corrected chi connectivity index (χ3v) is 7.36. The highest BCUT2D eigenvalue weighted by molar-refractivity contribution is 6.35. The summed E-state index contributed by atoms with van der Waals surface area (Å²) in [5, 5.41) is 12.8. The Morgan fingerprint density at radius 2 is 1.70 bits per heavy atom. The van der Waals surface area contributed by atoms with E-state index in [-0.39, 0.29) is 39.7 Å². The number of benzene rings is 3. The molecule has 0 bridgehead atoms. The number of fused-ring (bicyclic) bond motifs is 1. The van der Waals surface area contributed by atoms with Crippen LogP contribution in [0.25, 0.3) is 22.9 Å². The average molecular weight is 629 g/mol. The maximum absolute atomic E-state index is 13.7. The van der Waals surface area contributed by atoms with Gasteiger partial charge in [-0.2, -0.15) is 14.6 Å². The summed E-state index contributed by atoms with van der Waals surface area (Å²) in [6.45, 7) is 6.06. The van der Waals surface area contributed by atoms with Gasteiger partial charge in [-0.15, -0.1) is 5.10 Å². The van der Waals surface area contributed by atoms with Crippen LogP contribution in [0.1, 0.15) is 42.5 Å². The molecular formula is C32H27Cl2N7O3. The van der Waals surface area contributed by atoms with E-state index in [0.717, 1.165) is 16.9 Å². The summed E-state index contributed by atoms with van der Waals surface area (Å²) in [4.78, 5) is 34.1. The minimum Gasteiger partial charge on any atom is -0.486 e. The van der Waals surface area contributed by atoms with Gasteiger partial charge in [0.1, 0.15) is 23.7 Å². The Balaban J connectivity index is 1.28. The third kappa shape index (κ3) is 5.95. The van der Waals surface area contributed by atoms with Crippen molar-refractivity contribution < 1.29 is 9.53 Å². The normalized spacial score (nSPS) is 11.6. The number of aromatic amines is 1. The van der Waals surface area contributed by atoms with Crippen molar-refractivity contribution in [3.8, 4) is 22.8 Å². The van der Waals surface area contributed by atoms with Gasteiger partial charge in [0.25, 0.3) is 11.5 Å². The van der Waals surface area contributed by atoms with Gasteiger partial charge in [-0.05, 0) is 36.4 Å². The predicted octanol–water partition coefficient (Wildman–Crippen LogP) is 6.71. The number of anilines is 1. The highest BCUT2D eigenvalue weighted by Crippen LogP contribution is 2.31. The van der Waals surface area contributed by atoms with Crippen LogP contribution < -0.4 is 15.6 Å². The summed E-state index contributed by atoms with van der Waals surface area (Å²) in [5.74, 6) is 0.872. The van der Waals surface area contributed by atoms with E-state index in [1.54, 1.807) is 35.0 Å². The van der Waals surface area contributed by atoms with Crippen molar-refractivity contribution in [2.24, 2.45) is 0 Å². The number of ether oxygens (including phenoxy) is 1. The van der Waals surface area contributed by atoms with Crippen molar-refractivity contribution in [3.05, 3.63) is 122 Å². The second-order valence-electron chi connectivity index (χ2n) is 11.1. The van der Waals surface area contributed by atoms with Gasteiger partial charge in [0.2, 0.25) is 5.78 Å². The van der Waals surface area contributed by atoms with E-state index in [9.17, 15) is 9.59 Å². The zero-order chi connectivity index (χ0) is 31.0. The molecule has 44 heavy (non-hydrogen) atoms. The second-order valence-corrected chi connectivity index (χ2v) is 11.9. The van der Waals surface area contributed by atoms with Crippen molar-refractivity contribution in [1.82, 2.24) is 29.4 Å². The van der Waals surface area contributed by atoms with E-state index in [1.165, 1.54) is 10.6 Å². The highest BCUT2D eigenvalue weighted by Gasteiger charge is 2.24.